The van der Waals surface area contributed by atoms with Crippen LogP contribution in [0.4, 0.5) is 11.4 Å². The topological polar surface area (TPSA) is 47.3 Å². The fourth-order valence-electron chi connectivity index (χ4n) is 1.22. The first-order chi connectivity index (χ1) is 7.74. The van der Waals surface area contributed by atoms with E-state index in [2.05, 4.69) is 34.5 Å². The van der Waals surface area contributed by atoms with E-state index in [4.69, 9.17) is 10.5 Å². The van der Waals surface area contributed by atoms with Crippen LogP contribution in [-0.2, 0) is 4.74 Å². The van der Waals surface area contributed by atoms with Gasteiger partial charge in [-0.05, 0) is 47.2 Å². The van der Waals surface area contributed by atoms with Gasteiger partial charge in [0.25, 0.3) is 0 Å². The van der Waals surface area contributed by atoms with E-state index in [0.717, 1.165) is 34.5 Å². The number of anilines is 2. The monoisotopic (exact) mass is 332 g/mol. The maximum Gasteiger partial charge on any atom is 0.0639 e. The van der Waals surface area contributed by atoms with Crippen molar-refractivity contribution < 1.29 is 4.74 Å². The minimum absolute atomic E-state index is 0.680. The fourth-order valence-corrected chi connectivity index (χ4v) is 1.74. The third-order valence-corrected chi connectivity index (χ3v) is 2.71. The maximum absolute atomic E-state index is 5.86. The lowest BCUT2D eigenvalue weighted by Crippen LogP contribution is -2.11. The first-order valence-corrected chi connectivity index (χ1v) is 6.29. The molecule has 0 bridgehead atoms. The molecule has 0 aromatic heterocycles. The number of benzene rings is 1. The molecule has 1 aromatic rings. The van der Waals surface area contributed by atoms with Gasteiger partial charge in [0.05, 0.1) is 24.6 Å². The van der Waals surface area contributed by atoms with Gasteiger partial charge in [-0.1, -0.05) is 6.08 Å². The summed E-state index contributed by atoms with van der Waals surface area (Å²) in [5.41, 5.74) is 7.60. The predicted molar refractivity (Wildman–Crippen MR) is 77.7 cm³/mol. The molecule has 0 aliphatic carbocycles. The Hall–Kier alpha value is -0.750. The Bertz CT molecular complexity index is 342. The molecule has 4 heteroatoms. The van der Waals surface area contributed by atoms with Crippen LogP contribution < -0.4 is 11.1 Å². The third kappa shape index (κ3) is 4.85. The van der Waals surface area contributed by atoms with Gasteiger partial charge < -0.3 is 15.8 Å². The van der Waals surface area contributed by atoms with Gasteiger partial charge in [0.1, 0.15) is 0 Å². The molecule has 0 unspecified atom stereocenters. The Morgan fingerprint density at radius 3 is 2.94 bits per heavy atom. The summed E-state index contributed by atoms with van der Waals surface area (Å²) in [5, 5.41) is 3.24. The van der Waals surface area contributed by atoms with E-state index in [-0.39, 0.29) is 0 Å². The van der Waals surface area contributed by atoms with Crippen molar-refractivity contribution in [1.82, 2.24) is 0 Å². The zero-order valence-electron chi connectivity index (χ0n) is 9.21. The molecule has 1 rings (SSSR count). The number of nitrogens with two attached hydrogens (primary N) is 1. The first-order valence-electron chi connectivity index (χ1n) is 5.21. The standard InChI is InChI=1S/C12H17IN2O/c1-2-3-7-16-8-6-15-12-5-4-10(13)9-11(12)14/h2,4-5,9,15H,1,3,6-8,14H2. The molecule has 1 aromatic carbocycles. The van der Waals surface area contributed by atoms with Crippen molar-refractivity contribution in [3.05, 3.63) is 34.4 Å². The van der Waals surface area contributed by atoms with Crippen molar-refractivity contribution in [1.29, 1.82) is 0 Å². The van der Waals surface area contributed by atoms with Crippen molar-refractivity contribution in [3.8, 4) is 0 Å². The molecule has 0 fully saturated rings. The van der Waals surface area contributed by atoms with E-state index in [0.29, 0.717) is 6.61 Å². The molecule has 0 radical (unpaired) electrons. The largest absolute Gasteiger partial charge is 0.397 e. The predicted octanol–water partition coefficient (Wildman–Crippen LogP) is 2.88. The summed E-state index contributed by atoms with van der Waals surface area (Å²) in [6.45, 7) is 5.81. The van der Waals surface area contributed by atoms with Crippen molar-refractivity contribution in [2.75, 3.05) is 30.8 Å². The summed E-state index contributed by atoms with van der Waals surface area (Å²) >= 11 is 2.24. The van der Waals surface area contributed by atoms with Gasteiger partial charge >= 0.3 is 0 Å². The van der Waals surface area contributed by atoms with E-state index in [1.54, 1.807) is 0 Å². The van der Waals surface area contributed by atoms with Crippen molar-refractivity contribution in [3.63, 3.8) is 0 Å². The van der Waals surface area contributed by atoms with Crippen LogP contribution in [0.2, 0.25) is 0 Å². The summed E-state index contributed by atoms with van der Waals surface area (Å²) in [6, 6.07) is 5.96. The first kappa shape index (κ1) is 13.3. The molecule has 0 saturated heterocycles. The van der Waals surface area contributed by atoms with Gasteiger partial charge in [0.15, 0.2) is 0 Å². The summed E-state index contributed by atoms with van der Waals surface area (Å²) < 4.78 is 6.52. The van der Waals surface area contributed by atoms with Crippen LogP contribution in [0.25, 0.3) is 0 Å². The molecular weight excluding hydrogens is 315 g/mol. The molecule has 0 aliphatic heterocycles. The Balaban J connectivity index is 2.24. The third-order valence-electron chi connectivity index (χ3n) is 2.04. The molecule has 88 valence electrons. The average molecular weight is 332 g/mol. The quantitative estimate of drug-likeness (QED) is 0.349. The number of hydrogen-bond donors (Lipinski definition) is 2. The molecule has 0 spiro atoms. The summed E-state index contributed by atoms with van der Waals surface area (Å²) in [6.07, 6.45) is 2.75. The second-order valence-electron chi connectivity index (χ2n) is 3.35. The highest BCUT2D eigenvalue weighted by molar-refractivity contribution is 14.1. The summed E-state index contributed by atoms with van der Waals surface area (Å²) in [7, 11) is 0. The van der Waals surface area contributed by atoms with Crippen LogP contribution in [-0.4, -0.2) is 19.8 Å². The second kappa shape index (κ2) is 7.51. The molecule has 0 aliphatic rings. The van der Waals surface area contributed by atoms with Crippen LogP contribution in [0.3, 0.4) is 0 Å². The fraction of sp³-hybridized carbons (Fsp3) is 0.333. The number of rotatable bonds is 7. The highest BCUT2D eigenvalue weighted by atomic mass is 127. The van der Waals surface area contributed by atoms with Crippen LogP contribution in [0.5, 0.6) is 0 Å². The molecule has 0 saturated carbocycles. The highest BCUT2D eigenvalue weighted by Gasteiger charge is 1.98. The molecule has 0 amide bonds. The van der Waals surface area contributed by atoms with Gasteiger partial charge in [-0.3, -0.25) is 0 Å². The van der Waals surface area contributed by atoms with Gasteiger partial charge in [0.2, 0.25) is 0 Å². The van der Waals surface area contributed by atoms with Gasteiger partial charge in [-0.25, -0.2) is 0 Å². The SMILES string of the molecule is C=CCCOCCNc1ccc(I)cc1N. The van der Waals surface area contributed by atoms with Gasteiger partial charge in [-0.2, -0.15) is 0 Å². The molecule has 16 heavy (non-hydrogen) atoms. The zero-order chi connectivity index (χ0) is 11.8. The Morgan fingerprint density at radius 2 is 2.25 bits per heavy atom. The minimum atomic E-state index is 0.680. The summed E-state index contributed by atoms with van der Waals surface area (Å²) in [5.74, 6) is 0. The molecular formula is C12H17IN2O. The Kier molecular flexibility index (Phi) is 6.25. The zero-order valence-corrected chi connectivity index (χ0v) is 11.4. The number of nitrogens with one attached hydrogen (secondary N) is 1. The maximum atomic E-state index is 5.86. The lowest BCUT2D eigenvalue weighted by atomic mass is 10.3. The Labute approximate surface area is 110 Å². The van der Waals surface area contributed by atoms with E-state index in [1.165, 1.54) is 0 Å². The second-order valence-corrected chi connectivity index (χ2v) is 4.59. The number of nitrogen functional groups attached to an aromatic ring is 1. The van der Waals surface area contributed by atoms with E-state index in [9.17, 15) is 0 Å². The van der Waals surface area contributed by atoms with E-state index in [1.807, 2.05) is 24.3 Å². The molecule has 0 heterocycles. The highest BCUT2D eigenvalue weighted by Crippen LogP contribution is 2.20. The van der Waals surface area contributed by atoms with E-state index >= 15 is 0 Å². The molecule has 3 nitrogen and oxygen atoms in total. The van der Waals surface area contributed by atoms with E-state index < -0.39 is 0 Å². The smallest absolute Gasteiger partial charge is 0.0639 e. The number of halogens is 1. The van der Waals surface area contributed by atoms with Crippen LogP contribution >= 0.6 is 22.6 Å². The van der Waals surface area contributed by atoms with Crippen LogP contribution in [0.1, 0.15) is 6.42 Å². The van der Waals surface area contributed by atoms with Gasteiger partial charge in [-0.15, -0.1) is 6.58 Å². The minimum Gasteiger partial charge on any atom is -0.397 e. The Morgan fingerprint density at radius 1 is 1.44 bits per heavy atom. The molecule has 0 atom stereocenters. The van der Waals surface area contributed by atoms with Crippen molar-refractivity contribution in [2.45, 2.75) is 6.42 Å². The summed E-state index contributed by atoms with van der Waals surface area (Å²) in [4.78, 5) is 0. The van der Waals surface area contributed by atoms with Crippen LogP contribution in [0, 0.1) is 3.57 Å². The van der Waals surface area contributed by atoms with Gasteiger partial charge in [0, 0.05) is 10.1 Å². The van der Waals surface area contributed by atoms with Crippen molar-refractivity contribution in [2.24, 2.45) is 0 Å². The molecule has 3 N–H and O–H groups in total. The normalized spacial score (nSPS) is 10.1. The van der Waals surface area contributed by atoms with Crippen molar-refractivity contribution >= 4 is 34.0 Å². The number of hydrogen-bond acceptors (Lipinski definition) is 3. The lowest BCUT2D eigenvalue weighted by Gasteiger charge is -2.09. The lowest BCUT2D eigenvalue weighted by molar-refractivity contribution is 0.149. The number of ether oxygens (including phenoxy) is 1. The average Bonchev–Trinajstić information content (AvgIpc) is 2.26. The van der Waals surface area contributed by atoms with Crippen LogP contribution in [0.15, 0.2) is 30.9 Å².